The van der Waals surface area contributed by atoms with Crippen molar-refractivity contribution in [3.8, 4) is 6.07 Å². The molecule has 0 aromatic heterocycles. The zero-order valence-corrected chi connectivity index (χ0v) is 9.31. The zero-order chi connectivity index (χ0) is 11.6. The fourth-order valence-corrected chi connectivity index (χ4v) is 2.10. The van der Waals surface area contributed by atoms with E-state index in [2.05, 4.69) is 6.07 Å². The van der Waals surface area contributed by atoms with Crippen LogP contribution in [-0.4, -0.2) is 18.3 Å². The van der Waals surface area contributed by atoms with E-state index in [9.17, 15) is 5.11 Å². The van der Waals surface area contributed by atoms with Crippen LogP contribution >= 0.6 is 0 Å². The molecule has 1 fully saturated rings. The molecule has 0 spiro atoms. The van der Waals surface area contributed by atoms with Crippen LogP contribution in [0.1, 0.15) is 24.5 Å². The molecule has 0 aliphatic carbocycles. The van der Waals surface area contributed by atoms with Gasteiger partial charge in [0.1, 0.15) is 0 Å². The molecular weight excluding hydrogens is 202 g/mol. The van der Waals surface area contributed by atoms with Crippen LogP contribution in [0.25, 0.3) is 0 Å². The van der Waals surface area contributed by atoms with Gasteiger partial charge in [0.2, 0.25) is 0 Å². The largest absolute Gasteiger partial charge is 0.385 e. The maximum absolute atomic E-state index is 10.5. The number of nitrogens with zero attached hydrogens (tertiary/aromatic N) is 1. The van der Waals surface area contributed by atoms with Crippen molar-refractivity contribution >= 4 is 0 Å². The Labute approximate surface area is 95.3 Å². The van der Waals surface area contributed by atoms with Gasteiger partial charge in [-0.15, -0.1) is 0 Å². The van der Waals surface area contributed by atoms with Gasteiger partial charge in [0.15, 0.2) is 0 Å². The molecule has 1 saturated heterocycles. The monoisotopic (exact) mass is 217 g/mol. The average molecular weight is 217 g/mol. The number of nitriles is 1. The molecule has 3 nitrogen and oxygen atoms in total. The summed E-state index contributed by atoms with van der Waals surface area (Å²) in [6.07, 6.45) is 0.882. The van der Waals surface area contributed by atoms with Crippen molar-refractivity contribution in [1.29, 1.82) is 5.26 Å². The van der Waals surface area contributed by atoms with E-state index in [0.29, 0.717) is 12.2 Å². The van der Waals surface area contributed by atoms with Crippen LogP contribution in [0.5, 0.6) is 0 Å². The second-order valence-electron chi connectivity index (χ2n) is 4.40. The summed E-state index contributed by atoms with van der Waals surface area (Å²) in [5, 5.41) is 19.2. The Morgan fingerprint density at radius 2 is 2.12 bits per heavy atom. The van der Waals surface area contributed by atoms with Gasteiger partial charge < -0.3 is 9.84 Å². The third kappa shape index (κ3) is 1.95. The van der Waals surface area contributed by atoms with Crippen molar-refractivity contribution in [2.45, 2.75) is 18.9 Å². The van der Waals surface area contributed by atoms with Gasteiger partial charge in [-0.05, 0) is 31.0 Å². The second-order valence-corrected chi connectivity index (χ2v) is 4.40. The highest BCUT2D eigenvalue weighted by atomic mass is 16.5. The van der Waals surface area contributed by atoms with Crippen LogP contribution in [0.15, 0.2) is 24.3 Å². The van der Waals surface area contributed by atoms with Gasteiger partial charge >= 0.3 is 0 Å². The molecule has 16 heavy (non-hydrogen) atoms. The minimum absolute atomic E-state index is 0.139. The van der Waals surface area contributed by atoms with Crippen molar-refractivity contribution < 1.29 is 9.84 Å². The maximum atomic E-state index is 10.5. The highest BCUT2D eigenvalue weighted by Crippen LogP contribution is 2.34. The molecule has 2 rings (SSSR count). The summed E-state index contributed by atoms with van der Waals surface area (Å²) in [5.74, 6) is 0.139. The Hall–Kier alpha value is -1.37. The van der Waals surface area contributed by atoms with Crippen molar-refractivity contribution in [1.82, 2.24) is 0 Å². The fraction of sp³-hybridized carbons (Fsp3) is 0.462. The van der Waals surface area contributed by atoms with Gasteiger partial charge in [-0.2, -0.15) is 5.26 Å². The van der Waals surface area contributed by atoms with Crippen LogP contribution in [0.2, 0.25) is 0 Å². The summed E-state index contributed by atoms with van der Waals surface area (Å²) in [6.45, 7) is 3.14. The molecule has 0 bridgehead atoms. The summed E-state index contributed by atoms with van der Waals surface area (Å²) in [4.78, 5) is 0. The molecule has 1 aromatic rings. The summed E-state index contributed by atoms with van der Waals surface area (Å²) in [6, 6.07) is 9.17. The van der Waals surface area contributed by atoms with Gasteiger partial charge in [0, 0.05) is 12.5 Å². The molecule has 2 atom stereocenters. The van der Waals surface area contributed by atoms with E-state index < -0.39 is 5.60 Å². The molecule has 3 heteroatoms. The summed E-state index contributed by atoms with van der Waals surface area (Å²) in [5.41, 5.74) is 0.592. The molecule has 1 aliphatic heterocycles. The van der Waals surface area contributed by atoms with Crippen molar-refractivity contribution in [2.75, 3.05) is 13.2 Å². The third-order valence-electron chi connectivity index (χ3n) is 3.32. The van der Waals surface area contributed by atoms with E-state index in [0.717, 1.165) is 18.6 Å². The number of ether oxygens (including phenoxy) is 1. The molecular formula is C13H15NO2. The number of hydrogen-bond acceptors (Lipinski definition) is 3. The summed E-state index contributed by atoms with van der Waals surface area (Å²) >= 11 is 0. The van der Waals surface area contributed by atoms with Crippen LogP contribution in [0.3, 0.4) is 0 Å². The predicted molar refractivity (Wildman–Crippen MR) is 59.7 cm³/mol. The predicted octanol–water partition coefficient (Wildman–Crippen LogP) is 1.80. The Morgan fingerprint density at radius 1 is 1.44 bits per heavy atom. The number of rotatable bonds is 2. The van der Waals surface area contributed by atoms with Crippen LogP contribution in [-0.2, 0) is 10.3 Å². The van der Waals surface area contributed by atoms with E-state index >= 15 is 0 Å². The van der Waals surface area contributed by atoms with Crippen LogP contribution in [0.4, 0.5) is 0 Å². The lowest BCUT2D eigenvalue weighted by atomic mass is 9.82. The molecule has 0 amide bonds. The normalized spacial score (nSPS) is 23.7. The topological polar surface area (TPSA) is 53.2 Å². The minimum Gasteiger partial charge on any atom is -0.385 e. The molecule has 84 valence electrons. The molecule has 0 saturated carbocycles. The maximum Gasteiger partial charge on any atom is 0.0991 e. The van der Waals surface area contributed by atoms with E-state index in [1.165, 1.54) is 0 Å². The second kappa shape index (κ2) is 4.25. The number of hydrogen-bond donors (Lipinski definition) is 1. The lowest BCUT2D eigenvalue weighted by Crippen LogP contribution is -2.32. The van der Waals surface area contributed by atoms with Crippen molar-refractivity contribution in [3.63, 3.8) is 0 Å². The third-order valence-corrected chi connectivity index (χ3v) is 3.32. The molecule has 2 unspecified atom stereocenters. The Kier molecular flexibility index (Phi) is 2.95. The lowest BCUT2D eigenvalue weighted by molar-refractivity contribution is -0.00971. The van der Waals surface area contributed by atoms with Gasteiger partial charge in [-0.1, -0.05) is 12.1 Å². The fourth-order valence-electron chi connectivity index (χ4n) is 2.10. The van der Waals surface area contributed by atoms with Gasteiger partial charge in [0.05, 0.1) is 23.8 Å². The number of benzene rings is 1. The molecule has 1 heterocycles. The SMILES string of the molecule is CC(O)(c1ccc(C#N)cc1)C1CCOC1. The lowest BCUT2D eigenvalue weighted by Gasteiger charge is -2.29. The van der Waals surface area contributed by atoms with E-state index in [-0.39, 0.29) is 5.92 Å². The van der Waals surface area contributed by atoms with E-state index in [4.69, 9.17) is 10.00 Å². The molecule has 1 aliphatic rings. The highest BCUT2D eigenvalue weighted by molar-refractivity contribution is 5.34. The molecule has 1 N–H and O–H groups in total. The minimum atomic E-state index is -0.871. The van der Waals surface area contributed by atoms with Crippen molar-refractivity contribution in [3.05, 3.63) is 35.4 Å². The smallest absolute Gasteiger partial charge is 0.0991 e. The van der Waals surface area contributed by atoms with E-state index in [1.807, 2.05) is 19.1 Å². The first kappa shape index (κ1) is 11.1. The highest BCUT2D eigenvalue weighted by Gasteiger charge is 2.36. The van der Waals surface area contributed by atoms with Crippen LogP contribution < -0.4 is 0 Å². The van der Waals surface area contributed by atoms with E-state index in [1.54, 1.807) is 12.1 Å². The van der Waals surface area contributed by atoms with Gasteiger partial charge in [-0.25, -0.2) is 0 Å². The van der Waals surface area contributed by atoms with Gasteiger partial charge in [-0.3, -0.25) is 0 Å². The first-order chi connectivity index (χ1) is 7.64. The van der Waals surface area contributed by atoms with Crippen molar-refractivity contribution in [2.24, 2.45) is 5.92 Å². The first-order valence-electron chi connectivity index (χ1n) is 5.45. The Bertz CT molecular complexity index is 397. The zero-order valence-electron chi connectivity index (χ0n) is 9.31. The van der Waals surface area contributed by atoms with Crippen LogP contribution in [0, 0.1) is 17.2 Å². The van der Waals surface area contributed by atoms with Gasteiger partial charge in [0.25, 0.3) is 0 Å². The molecule has 1 aromatic carbocycles. The molecule has 0 radical (unpaired) electrons. The average Bonchev–Trinajstić information content (AvgIpc) is 2.83. The first-order valence-corrected chi connectivity index (χ1v) is 5.45. The Balaban J connectivity index is 2.24. The standard InChI is InChI=1S/C13H15NO2/c1-13(15,12-6-7-16-9-12)11-4-2-10(8-14)3-5-11/h2-5,12,15H,6-7,9H2,1H3. The number of aliphatic hydroxyl groups is 1. The summed E-state index contributed by atoms with van der Waals surface area (Å²) in [7, 11) is 0. The quantitative estimate of drug-likeness (QED) is 0.821. The Morgan fingerprint density at radius 3 is 2.62 bits per heavy atom. The summed E-state index contributed by atoms with van der Waals surface area (Å²) < 4.78 is 5.30.